The molecule has 6 heteroatoms. The first-order valence-electron chi connectivity index (χ1n) is 8.32. The second-order valence-electron chi connectivity index (χ2n) is 6.99. The third-order valence-corrected chi connectivity index (χ3v) is 4.65. The van der Waals surface area contributed by atoms with Crippen molar-refractivity contribution in [2.24, 2.45) is 0 Å². The number of benzene rings is 1. The Kier molecular flexibility index (Phi) is 4.60. The average Bonchev–Trinajstić information content (AvgIpc) is 2.86. The lowest BCUT2D eigenvalue weighted by Crippen LogP contribution is -2.41. The first-order valence-corrected chi connectivity index (χ1v) is 8.32. The largest absolute Gasteiger partial charge is 0.388 e. The lowest BCUT2D eigenvalue weighted by Gasteiger charge is -2.29. The summed E-state index contributed by atoms with van der Waals surface area (Å²) in [6.07, 6.45) is 1.98. The second-order valence-corrected chi connectivity index (χ2v) is 6.99. The highest BCUT2D eigenvalue weighted by molar-refractivity contribution is 5.98. The zero-order valence-electron chi connectivity index (χ0n) is 14.2. The smallest absolute Gasteiger partial charge is 0.270 e. The molecule has 2 heterocycles. The highest BCUT2D eigenvalue weighted by Gasteiger charge is 2.32. The Morgan fingerprint density at radius 3 is 2.88 bits per heavy atom. The van der Waals surface area contributed by atoms with Crippen molar-refractivity contribution in [3.05, 3.63) is 35.8 Å². The van der Waals surface area contributed by atoms with Crippen molar-refractivity contribution in [3.8, 4) is 0 Å². The Bertz CT molecular complexity index is 743. The molecule has 2 aromatic rings. The van der Waals surface area contributed by atoms with Crippen molar-refractivity contribution in [1.82, 2.24) is 14.8 Å². The minimum atomic E-state index is -0.759. The first kappa shape index (κ1) is 16.9. The van der Waals surface area contributed by atoms with E-state index in [-0.39, 0.29) is 11.7 Å². The summed E-state index contributed by atoms with van der Waals surface area (Å²) in [5, 5.41) is 11.4. The molecule has 1 amide bonds. The van der Waals surface area contributed by atoms with E-state index in [1.165, 1.54) is 6.07 Å². The number of para-hydroxylation sites is 1. The molecule has 0 spiro atoms. The molecule has 1 saturated heterocycles. The van der Waals surface area contributed by atoms with Gasteiger partial charge in [0.25, 0.3) is 5.91 Å². The molecule has 1 aliphatic rings. The highest BCUT2D eigenvalue weighted by atomic mass is 19.1. The Hall–Kier alpha value is -1.92. The minimum Gasteiger partial charge on any atom is -0.388 e. The molecule has 2 N–H and O–H groups in total. The minimum absolute atomic E-state index is 0.139. The van der Waals surface area contributed by atoms with Crippen LogP contribution >= 0.6 is 0 Å². The van der Waals surface area contributed by atoms with Gasteiger partial charge in [0.1, 0.15) is 11.5 Å². The van der Waals surface area contributed by atoms with Gasteiger partial charge >= 0.3 is 0 Å². The van der Waals surface area contributed by atoms with Gasteiger partial charge in [-0.2, -0.15) is 0 Å². The summed E-state index contributed by atoms with van der Waals surface area (Å²) in [5.74, 6) is -0.498. The van der Waals surface area contributed by atoms with Crippen LogP contribution in [0, 0.1) is 5.82 Å². The van der Waals surface area contributed by atoms with Crippen LogP contribution in [0.3, 0.4) is 0 Å². The Morgan fingerprint density at radius 1 is 1.38 bits per heavy atom. The Morgan fingerprint density at radius 2 is 2.17 bits per heavy atom. The highest BCUT2D eigenvalue weighted by Crippen LogP contribution is 2.25. The van der Waals surface area contributed by atoms with Gasteiger partial charge in [-0.15, -0.1) is 0 Å². The van der Waals surface area contributed by atoms with E-state index in [1.807, 2.05) is 19.0 Å². The molecule has 1 atom stereocenters. The van der Waals surface area contributed by atoms with E-state index >= 15 is 0 Å². The molecule has 24 heavy (non-hydrogen) atoms. The molecule has 3 rings (SSSR count). The van der Waals surface area contributed by atoms with E-state index in [0.717, 1.165) is 6.42 Å². The summed E-state index contributed by atoms with van der Waals surface area (Å²) in [5.41, 5.74) is -0.00150. The normalized spacial score (nSPS) is 22.1. The van der Waals surface area contributed by atoms with Crippen molar-refractivity contribution >= 4 is 16.8 Å². The Balaban J connectivity index is 1.76. The fourth-order valence-corrected chi connectivity index (χ4v) is 3.53. The third-order valence-electron chi connectivity index (χ3n) is 4.65. The number of H-pyrrole nitrogens is 1. The van der Waals surface area contributed by atoms with Crippen LogP contribution in [0.15, 0.2) is 24.3 Å². The molecule has 1 fully saturated rings. The van der Waals surface area contributed by atoms with Crippen LogP contribution in [0.25, 0.3) is 10.9 Å². The summed E-state index contributed by atoms with van der Waals surface area (Å²) in [6.45, 7) is 1.69. The van der Waals surface area contributed by atoms with Gasteiger partial charge in [-0.1, -0.05) is 12.1 Å². The van der Waals surface area contributed by atoms with Crippen LogP contribution in [0.5, 0.6) is 0 Å². The van der Waals surface area contributed by atoms with Gasteiger partial charge in [-0.3, -0.25) is 4.79 Å². The number of likely N-dealkylation sites (N-methyl/N-ethyl adjacent to an activating group) is 1. The number of fused-ring (bicyclic) bond motifs is 1. The van der Waals surface area contributed by atoms with Crippen molar-refractivity contribution in [3.63, 3.8) is 0 Å². The molecule has 130 valence electrons. The van der Waals surface area contributed by atoms with E-state index in [2.05, 4.69) is 4.98 Å². The van der Waals surface area contributed by atoms with E-state index in [4.69, 9.17) is 0 Å². The first-order chi connectivity index (χ1) is 11.4. The number of amides is 1. The number of aromatic nitrogens is 1. The van der Waals surface area contributed by atoms with Gasteiger partial charge in [-0.25, -0.2) is 4.39 Å². The topological polar surface area (TPSA) is 59.6 Å². The summed E-state index contributed by atoms with van der Waals surface area (Å²) < 4.78 is 13.8. The van der Waals surface area contributed by atoms with Crippen LogP contribution in [0.2, 0.25) is 0 Å². The monoisotopic (exact) mass is 333 g/mol. The van der Waals surface area contributed by atoms with Crippen molar-refractivity contribution in [1.29, 1.82) is 0 Å². The standard InChI is InChI=1S/C18H24FN3O2/c1-21(2)12-18(24)7-4-9-22(10-8-18)17(23)15-11-13-5-3-6-14(19)16(13)20-15/h3,5-6,11,20,24H,4,7-10,12H2,1-2H3. The number of carbonyl (C=O) groups excluding carboxylic acids is 1. The number of hydrogen-bond acceptors (Lipinski definition) is 3. The van der Waals surface area contributed by atoms with Crippen molar-refractivity contribution in [2.45, 2.75) is 24.9 Å². The summed E-state index contributed by atoms with van der Waals surface area (Å²) in [7, 11) is 3.87. The van der Waals surface area contributed by atoms with Crippen molar-refractivity contribution in [2.75, 3.05) is 33.7 Å². The predicted octanol–water partition coefficient (Wildman–Crippen LogP) is 2.23. The lowest BCUT2D eigenvalue weighted by atomic mass is 9.94. The second kappa shape index (κ2) is 6.53. The number of carbonyl (C=O) groups is 1. The number of rotatable bonds is 3. The lowest BCUT2D eigenvalue weighted by molar-refractivity contribution is 0.00303. The fraction of sp³-hybridized carbons (Fsp3) is 0.500. The van der Waals surface area contributed by atoms with Crippen LogP contribution in [0.1, 0.15) is 29.8 Å². The SMILES string of the molecule is CN(C)CC1(O)CCCN(C(=O)c2cc3cccc(F)c3[nH]2)CC1. The quantitative estimate of drug-likeness (QED) is 0.905. The number of hydrogen-bond donors (Lipinski definition) is 2. The van der Waals surface area contributed by atoms with Crippen LogP contribution < -0.4 is 0 Å². The summed E-state index contributed by atoms with van der Waals surface area (Å²) >= 11 is 0. The predicted molar refractivity (Wildman–Crippen MR) is 91.5 cm³/mol. The number of nitrogens with one attached hydrogen (secondary N) is 1. The molecular weight excluding hydrogens is 309 g/mol. The molecule has 1 aromatic heterocycles. The molecule has 1 unspecified atom stereocenters. The molecule has 1 aromatic carbocycles. The number of likely N-dealkylation sites (tertiary alicyclic amines) is 1. The summed E-state index contributed by atoms with van der Waals surface area (Å²) in [6, 6.07) is 6.48. The average molecular weight is 333 g/mol. The molecule has 0 bridgehead atoms. The zero-order chi connectivity index (χ0) is 17.3. The van der Waals surface area contributed by atoms with E-state index in [9.17, 15) is 14.3 Å². The molecule has 1 aliphatic heterocycles. The van der Waals surface area contributed by atoms with Gasteiger partial charge in [-0.05, 0) is 45.5 Å². The zero-order valence-corrected chi connectivity index (χ0v) is 14.2. The van der Waals surface area contributed by atoms with Gasteiger partial charge in [0.2, 0.25) is 0 Å². The Labute approximate surface area is 141 Å². The van der Waals surface area contributed by atoms with Crippen LogP contribution in [-0.2, 0) is 0 Å². The van der Waals surface area contributed by atoms with Gasteiger partial charge in [0.15, 0.2) is 0 Å². The van der Waals surface area contributed by atoms with Gasteiger partial charge < -0.3 is 19.9 Å². The maximum absolute atomic E-state index is 13.8. The molecular formula is C18H24FN3O2. The maximum atomic E-state index is 13.8. The van der Waals surface area contributed by atoms with Crippen molar-refractivity contribution < 1.29 is 14.3 Å². The van der Waals surface area contributed by atoms with Gasteiger partial charge in [0.05, 0.1) is 11.1 Å². The number of nitrogens with zero attached hydrogens (tertiary/aromatic N) is 2. The molecule has 5 nitrogen and oxygen atoms in total. The third kappa shape index (κ3) is 3.44. The maximum Gasteiger partial charge on any atom is 0.270 e. The number of halogens is 1. The molecule has 0 radical (unpaired) electrons. The number of aliphatic hydroxyl groups is 1. The van der Waals surface area contributed by atoms with Gasteiger partial charge in [0, 0.05) is 25.0 Å². The molecule has 0 saturated carbocycles. The fourth-order valence-electron chi connectivity index (χ4n) is 3.53. The van der Waals surface area contributed by atoms with Crippen LogP contribution in [-0.4, -0.2) is 65.1 Å². The number of aromatic amines is 1. The summed E-state index contributed by atoms with van der Waals surface area (Å²) in [4.78, 5) is 19.4. The van der Waals surface area contributed by atoms with Crippen LogP contribution in [0.4, 0.5) is 4.39 Å². The molecule has 0 aliphatic carbocycles. The van der Waals surface area contributed by atoms with E-state index in [1.54, 1.807) is 23.1 Å². The van der Waals surface area contributed by atoms with E-state index in [0.29, 0.717) is 49.1 Å². The van der Waals surface area contributed by atoms with E-state index < -0.39 is 5.60 Å².